The molecule has 2 heterocycles. The second-order valence-corrected chi connectivity index (χ2v) is 9.70. The zero-order valence-corrected chi connectivity index (χ0v) is 16.4. The van der Waals surface area contributed by atoms with Gasteiger partial charge in [0.05, 0.1) is 6.61 Å². The highest BCUT2D eigenvalue weighted by atomic mass is 31.3. The molecule has 1 aromatic heterocycles. The van der Waals surface area contributed by atoms with Crippen LogP contribution in [0.5, 0.6) is 0 Å². The van der Waals surface area contributed by atoms with Crippen LogP contribution >= 0.6 is 23.5 Å². The summed E-state index contributed by atoms with van der Waals surface area (Å²) in [6.45, 7) is -1.11. The lowest BCUT2D eigenvalue weighted by Gasteiger charge is -2.18. The van der Waals surface area contributed by atoms with Crippen molar-refractivity contribution in [3.63, 3.8) is 0 Å². The maximum absolute atomic E-state index is 12.0. The standard InChI is InChI=1S/C9H13N2O15P3/c12-5-1-2-11(9(15)10-5)8-7(14)6(13)4(24-8)3-23-28(19,20)26-29(21,22)25-27(16,17)18/h1-2,4,6,8,13H,3H2,(H,19,20)(H,21,22)(H,10,12,15)(H2,16,17,18)/t4-,6-,8-/m1/s1. The Labute approximate surface area is 158 Å². The summed E-state index contributed by atoms with van der Waals surface area (Å²) in [4.78, 5) is 71.8. The molecule has 2 rings (SSSR count). The number of nitrogens with one attached hydrogen (secondary N) is 1. The molecule has 0 aliphatic carbocycles. The Morgan fingerprint density at radius 3 is 2.24 bits per heavy atom. The van der Waals surface area contributed by atoms with Crippen LogP contribution in [0.15, 0.2) is 21.9 Å². The summed E-state index contributed by atoms with van der Waals surface area (Å²) < 4.78 is 50.3. The van der Waals surface area contributed by atoms with E-state index in [-0.39, 0.29) is 0 Å². The zero-order valence-electron chi connectivity index (χ0n) is 13.7. The van der Waals surface area contributed by atoms with Crippen molar-refractivity contribution < 1.29 is 61.1 Å². The topological polar surface area (TPSA) is 261 Å². The minimum Gasteiger partial charge on any atom is -0.382 e. The Morgan fingerprint density at radius 2 is 1.69 bits per heavy atom. The number of hydrogen-bond donors (Lipinski definition) is 6. The van der Waals surface area contributed by atoms with E-state index in [2.05, 4.69) is 13.1 Å². The summed E-state index contributed by atoms with van der Waals surface area (Å²) in [7, 11) is -16.8. The normalized spacial score (nSPS) is 26.8. The molecule has 0 amide bonds. The third kappa shape index (κ3) is 6.58. The van der Waals surface area contributed by atoms with E-state index in [1.807, 2.05) is 4.98 Å². The number of hydrogen-bond acceptors (Lipinski definition) is 11. The Balaban J connectivity index is 2.07. The number of nitrogens with zero attached hydrogens (tertiary/aromatic N) is 1. The molecule has 2 unspecified atom stereocenters. The average molecular weight is 482 g/mol. The third-order valence-corrected chi connectivity index (χ3v) is 6.92. The molecule has 20 heteroatoms. The second-order valence-electron chi connectivity index (χ2n) is 5.28. The van der Waals surface area contributed by atoms with Crippen molar-refractivity contribution in [1.29, 1.82) is 0 Å². The fraction of sp³-hybridized carbons (Fsp3) is 0.444. The lowest BCUT2D eigenvalue weighted by molar-refractivity contribution is -0.130. The largest absolute Gasteiger partial charge is 0.490 e. The van der Waals surface area contributed by atoms with Gasteiger partial charge in [-0.05, 0) is 0 Å². The highest BCUT2D eigenvalue weighted by Gasteiger charge is 2.46. The summed E-state index contributed by atoms with van der Waals surface area (Å²) in [5.74, 6) is -1.08. The number of carbonyl (C=O) groups excluding carboxylic acids is 1. The molecule has 164 valence electrons. The average Bonchev–Trinajstić information content (AvgIpc) is 2.78. The molecule has 0 saturated carbocycles. The van der Waals surface area contributed by atoms with E-state index in [9.17, 15) is 38.1 Å². The lowest BCUT2D eigenvalue weighted by Crippen LogP contribution is -2.34. The molecule has 1 aromatic rings. The molecule has 1 saturated heterocycles. The van der Waals surface area contributed by atoms with Crippen LogP contribution in [0.1, 0.15) is 6.23 Å². The van der Waals surface area contributed by atoms with Crippen LogP contribution in [0.4, 0.5) is 0 Å². The number of Topliss-reactive ketones (excluding diaryl/α,β-unsaturated/α-hetero) is 1. The van der Waals surface area contributed by atoms with Crippen molar-refractivity contribution in [2.75, 3.05) is 6.61 Å². The highest BCUT2D eigenvalue weighted by molar-refractivity contribution is 7.66. The fourth-order valence-corrected chi connectivity index (χ4v) is 5.08. The van der Waals surface area contributed by atoms with Crippen LogP contribution in [0.25, 0.3) is 0 Å². The van der Waals surface area contributed by atoms with E-state index in [0.717, 1.165) is 12.3 Å². The third-order valence-electron chi connectivity index (χ3n) is 3.11. The van der Waals surface area contributed by atoms with E-state index in [4.69, 9.17) is 19.4 Å². The first kappa shape index (κ1) is 24.0. The number of carbonyl (C=O) groups is 1. The van der Waals surface area contributed by atoms with Gasteiger partial charge in [-0.1, -0.05) is 0 Å². The predicted molar refractivity (Wildman–Crippen MR) is 86.1 cm³/mol. The first-order valence-electron chi connectivity index (χ1n) is 7.07. The van der Waals surface area contributed by atoms with Gasteiger partial charge in [-0.3, -0.25) is 23.7 Å². The van der Waals surface area contributed by atoms with Gasteiger partial charge in [0.2, 0.25) is 12.0 Å². The molecule has 1 aliphatic rings. The van der Waals surface area contributed by atoms with Gasteiger partial charge in [-0.2, -0.15) is 8.62 Å². The van der Waals surface area contributed by atoms with Crippen molar-refractivity contribution in [3.05, 3.63) is 33.1 Å². The molecule has 0 bridgehead atoms. The molecule has 0 aromatic carbocycles. The molecule has 1 fully saturated rings. The first-order valence-corrected chi connectivity index (χ1v) is 11.6. The first-order chi connectivity index (χ1) is 13.1. The summed E-state index contributed by atoms with van der Waals surface area (Å²) >= 11 is 0. The number of phosphoric acid groups is 3. The van der Waals surface area contributed by atoms with Gasteiger partial charge in [-0.25, -0.2) is 18.5 Å². The number of aromatic amines is 1. The lowest BCUT2D eigenvalue weighted by atomic mass is 10.2. The van der Waals surface area contributed by atoms with Crippen LogP contribution in [0.3, 0.4) is 0 Å². The monoisotopic (exact) mass is 482 g/mol. The van der Waals surface area contributed by atoms with E-state index in [0.29, 0.717) is 4.57 Å². The number of ketones is 1. The van der Waals surface area contributed by atoms with Gasteiger partial charge in [0.25, 0.3) is 5.56 Å². The number of aliphatic hydroxyl groups is 1. The molecule has 0 spiro atoms. The van der Waals surface area contributed by atoms with E-state index >= 15 is 0 Å². The molecular formula is C9H13N2O15P3. The summed E-state index contributed by atoms with van der Waals surface area (Å²) in [6, 6.07) is 0.879. The van der Waals surface area contributed by atoms with Gasteiger partial charge in [0.1, 0.15) is 12.2 Å². The minimum absolute atomic E-state index is 0.609. The number of rotatable bonds is 8. The molecule has 0 radical (unpaired) electrons. The summed E-state index contributed by atoms with van der Waals surface area (Å²) in [5.41, 5.74) is -1.84. The molecule has 1 aliphatic heterocycles. The zero-order chi connectivity index (χ0) is 22.2. The predicted octanol–water partition coefficient (Wildman–Crippen LogP) is -2.29. The Morgan fingerprint density at radius 1 is 1.07 bits per heavy atom. The molecule has 17 nitrogen and oxygen atoms in total. The van der Waals surface area contributed by atoms with Crippen LogP contribution in [0.2, 0.25) is 0 Å². The van der Waals surface area contributed by atoms with Crippen molar-refractivity contribution in [1.82, 2.24) is 9.55 Å². The fourth-order valence-electron chi connectivity index (χ4n) is 2.05. The van der Waals surface area contributed by atoms with Gasteiger partial charge in [0.15, 0.2) is 0 Å². The van der Waals surface area contributed by atoms with Crippen LogP contribution in [0, 0.1) is 0 Å². The van der Waals surface area contributed by atoms with Crippen molar-refractivity contribution in [2.45, 2.75) is 18.4 Å². The SMILES string of the molecule is O=C1[C@H](n2ccc(=O)[nH]c2=O)O[C@H](COP(=O)(O)OP(=O)(O)OP(=O)(O)O)[C@H]1O. The summed E-state index contributed by atoms with van der Waals surface area (Å²) in [6.07, 6.45) is -4.49. The number of aromatic nitrogens is 2. The van der Waals surface area contributed by atoms with Gasteiger partial charge >= 0.3 is 29.2 Å². The maximum atomic E-state index is 12.0. The highest BCUT2D eigenvalue weighted by Crippen LogP contribution is 2.66. The van der Waals surface area contributed by atoms with E-state index in [1.165, 1.54) is 0 Å². The van der Waals surface area contributed by atoms with Crippen LogP contribution < -0.4 is 11.2 Å². The van der Waals surface area contributed by atoms with Crippen LogP contribution in [-0.2, 0) is 36.4 Å². The van der Waals surface area contributed by atoms with E-state index < -0.39 is 65.5 Å². The van der Waals surface area contributed by atoms with Crippen molar-refractivity contribution in [2.24, 2.45) is 0 Å². The smallest absolute Gasteiger partial charge is 0.382 e. The maximum Gasteiger partial charge on any atom is 0.490 e. The Bertz CT molecular complexity index is 1040. The summed E-state index contributed by atoms with van der Waals surface area (Å²) in [5, 5.41) is 9.83. The van der Waals surface area contributed by atoms with E-state index in [1.54, 1.807) is 0 Å². The van der Waals surface area contributed by atoms with Crippen LogP contribution in [-0.4, -0.2) is 58.8 Å². The number of aliphatic hydroxyl groups excluding tert-OH is 1. The number of ether oxygens (including phenoxy) is 1. The molecule has 5 atom stereocenters. The Kier molecular flexibility index (Phi) is 6.96. The van der Waals surface area contributed by atoms with Gasteiger partial charge in [0, 0.05) is 12.3 Å². The quantitative estimate of drug-likeness (QED) is 0.213. The minimum atomic E-state index is -5.75. The number of H-pyrrole nitrogens is 1. The number of phosphoric ester groups is 1. The molecular weight excluding hydrogens is 469 g/mol. The van der Waals surface area contributed by atoms with Gasteiger partial charge < -0.3 is 29.4 Å². The Hall–Kier alpha value is -1.32. The van der Waals surface area contributed by atoms with Crippen molar-refractivity contribution in [3.8, 4) is 0 Å². The van der Waals surface area contributed by atoms with Gasteiger partial charge in [-0.15, -0.1) is 0 Å². The molecule has 29 heavy (non-hydrogen) atoms. The molecule has 6 N–H and O–H groups in total. The second kappa shape index (κ2) is 8.43. The van der Waals surface area contributed by atoms with Crippen molar-refractivity contribution >= 4 is 29.3 Å².